The summed E-state index contributed by atoms with van der Waals surface area (Å²) >= 11 is 0. The van der Waals surface area contributed by atoms with Crippen LogP contribution >= 0.6 is 0 Å². The zero-order chi connectivity index (χ0) is 17.9. The van der Waals surface area contributed by atoms with E-state index >= 15 is 0 Å². The summed E-state index contributed by atoms with van der Waals surface area (Å²) in [5.41, 5.74) is 1.16. The third-order valence-corrected chi connectivity index (χ3v) is 4.30. The molecule has 26 heavy (non-hydrogen) atoms. The average molecular weight is 353 g/mol. The van der Waals surface area contributed by atoms with Gasteiger partial charge < -0.3 is 19.5 Å². The van der Waals surface area contributed by atoms with Gasteiger partial charge in [-0.2, -0.15) is 4.98 Å². The highest BCUT2D eigenvalue weighted by Crippen LogP contribution is 2.29. The first-order valence-electron chi connectivity index (χ1n) is 8.66. The van der Waals surface area contributed by atoms with Crippen molar-refractivity contribution in [2.45, 2.75) is 19.8 Å². The molecule has 3 heterocycles. The number of nitrogens with one attached hydrogen (secondary N) is 1. The molecule has 0 unspecified atom stereocenters. The maximum absolute atomic E-state index is 12.7. The van der Waals surface area contributed by atoms with Crippen LogP contribution in [0.25, 0.3) is 11.1 Å². The summed E-state index contributed by atoms with van der Waals surface area (Å²) in [5, 5.41) is 7.32. The predicted molar refractivity (Wildman–Crippen MR) is 96.6 cm³/mol. The summed E-state index contributed by atoms with van der Waals surface area (Å²) in [5.74, 6) is 1.09. The topological polar surface area (TPSA) is 93.4 Å². The van der Waals surface area contributed by atoms with Gasteiger partial charge in [0.05, 0.1) is 6.61 Å². The Morgan fingerprint density at radius 1 is 1.23 bits per heavy atom. The summed E-state index contributed by atoms with van der Waals surface area (Å²) in [4.78, 5) is 23.3. The molecule has 1 amide bonds. The Labute approximate surface area is 150 Å². The Kier molecular flexibility index (Phi) is 4.39. The lowest BCUT2D eigenvalue weighted by atomic mass is 10.2. The van der Waals surface area contributed by atoms with E-state index in [-0.39, 0.29) is 11.6 Å². The summed E-state index contributed by atoms with van der Waals surface area (Å²) in [6, 6.07) is 7.17. The molecular formula is C18H19N5O3. The fraction of sp³-hybridized carbons (Fsp3) is 0.333. The Balaban J connectivity index is 1.62. The fourth-order valence-electron chi connectivity index (χ4n) is 3.09. The number of carbonyl (C=O) groups excluding carboxylic acids is 1. The monoisotopic (exact) mass is 353 g/mol. The minimum Gasteiger partial charge on any atom is -0.494 e. The molecule has 1 fully saturated rings. The second-order valence-electron chi connectivity index (χ2n) is 6.01. The standard InChI is InChI=1S/C18H19N5O3/c1-2-25-13-7-5-12(6-8-13)21-17(24)15-14-16(23-9-3-4-10-23)19-11-20-18(14)26-22-15/h5-8,11H,2-4,9-10H2,1H3,(H,21,24). The van der Waals surface area contributed by atoms with Crippen LogP contribution in [0.15, 0.2) is 35.1 Å². The SMILES string of the molecule is CCOc1ccc(NC(=O)c2noc3ncnc(N4CCCC4)c23)cc1. The van der Waals surface area contributed by atoms with E-state index < -0.39 is 0 Å². The minimum absolute atomic E-state index is 0.191. The molecule has 0 atom stereocenters. The van der Waals surface area contributed by atoms with Crippen molar-refractivity contribution in [3.05, 3.63) is 36.3 Å². The molecule has 1 saturated heterocycles. The van der Waals surface area contributed by atoms with Crippen LogP contribution in [0.2, 0.25) is 0 Å². The van der Waals surface area contributed by atoms with Crippen molar-refractivity contribution in [3.8, 4) is 5.75 Å². The number of nitrogens with zero attached hydrogens (tertiary/aromatic N) is 4. The second kappa shape index (κ2) is 6.99. The number of carbonyl (C=O) groups is 1. The highest BCUT2D eigenvalue weighted by Gasteiger charge is 2.25. The van der Waals surface area contributed by atoms with E-state index in [0.29, 0.717) is 29.2 Å². The third kappa shape index (κ3) is 3.05. The van der Waals surface area contributed by atoms with E-state index in [0.717, 1.165) is 31.7 Å². The zero-order valence-corrected chi connectivity index (χ0v) is 14.4. The van der Waals surface area contributed by atoms with Gasteiger partial charge in [0.15, 0.2) is 5.69 Å². The van der Waals surface area contributed by atoms with E-state index in [1.54, 1.807) is 24.3 Å². The van der Waals surface area contributed by atoms with Crippen molar-refractivity contribution < 1.29 is 14.1 Å². The number of hydrogen-bond donors (Lipinski definition) is 1. The smallest absolute Gasteiger partial charge is 0.278 e. The summed E-state index contributed by atoms with van der Waals surface area (Å²) in [6.07, 6.45) is 3.64. The van der Waals surface area contributed by atoms with Crippen LogP contribution in [0.4, 0.5) is 11.5 Å². The maximum atomic E-state index is 12.7. The largest absolute Gasteiger partial charge is 0.494 e. The number of ether oxygens (including phenoxy) is 1. The Morgan fingerprint density at radius 2 is 2.00 bits per heavy atom. The highest BCUT2D eigenvalue weighted by atomic mass is 16.5. The van der Waals surface area contributed by atoms with E-state index in [2.05, 4.69) is 25.3 Å². The number of fused-ring (bicyclic) bond motifs is 1. The quantitative estimate of drug-likeness (QED) is 0.754. The molecule has 0 radical (unpaired) electrons. The number of benzene rings is 1. The molecule has 2 aromatic heterocycles. The van der Waals surface area contributed by atoms with Crippen molar-refractivity contribution in [3.63, 3.8) is 0 Å². The van der Waals surface area contributed by atoms with Crippen LogP contribution in [-0.2, 0) is 0 Å². The van der Waals surface area contributed by atoms with Crippen molar-refractivity contribution in [1.29, 1.82) is 0 Å². The molecular weight excluding hydrogens is 334 g/mol. The van der Waals surface area contributed by atoms with Crippen LogP contribution < -0.4 is 15.0 Å². The maximum Gasteiger partial charge on any atom is 0.278 e. The number of aromatic nitrogens is 3. The summed E-state index contributed by atoms with van der Waals surface area (Å²) in [6.45, 7) is 4.32. The van der Waals surface area contributed by atoms with Crippen LogP contribution in [0.1, 0.15) is 30.3 Å². The van der Waals surface area contributed by atoms with Crippen LogP contribution in [-0.4, -0.2) is 40.7 Å². The van der Waals surface area contributed by atoms with Gasteiger partial charge in [-0.3, -0.25) is 4.79 Å². The van der Waals surface area contributed by atoms with Crippen molar-refractivity contribution in [2.75, 3.05) is 29.9 Å². The Bertz CT molecular complexity index is 916. The van der Waals surface area contributed by atoms with Gasteiger partial charge in [-0.05, 0) is 44.0 Å². The van der Waals surface area contributed by atoms with Crippen molar-refractivity contribution in [2.24, 2.45) is 0 Å². The predicted octanol–water partition coefficient (Wildman–Crippen LogP) is 2.87. The number of hydrogen-bond acceptors (Lipinski definition) is 7. The second-order valence-corrected chi connectivity index (χ2v) is 6.01. The molecule has 134 valence electrons. The molecule has 1 aromatic carbocycles. The first-order valence-corrected chi connectivity index (χ1v) is 8.66. The lowest BCUT2D eigenvalue weighted by Crippen LogP contribution is -2.20. The minimum atomic E-state index is -0.358. The molecule has 0 aliphatic carbocycles. The van der Waals surface area contributed by atoms with Gasteiger partial charge in [0.1, 0.15) is 23.3 Å². The first-order chi connectivity index (χ1) is 12.8. The molecule has 8 nitrogen and oxygen atoms in total. The van der Waals surface area contributed by atoms with Gasteiger partial charge in [0.2, 0.25) is 0 Å². The molecule has 1 aliphatic rings. The normalized spacial score (nSPS) is 14.0. The van der Waals surface area contributed by atoms with Crippen molar-refractivity contribution in [1.82, 2.24) is 15.1 Å². The van der Waals surface area contributed by atoms with E-state index in [9.17, 15) is 4.79 Å². The molecule has 0 saturated carbocycles. The lowest BCUT2D eigenvalue weighted by molar-refractivity contribution is 0.102. The number of anilines is 2. The van der Waals surface area contributed by atoms with Gasteiger partial charge in [0.25, 0.3) is 11.6 Å². The lowest BCUT2D eigenvalue weighted by Gasteiger charge is -2.16. The molecule has 0 spiro atoms. The van der Waals surface area contributed by atoms with Crippen LogP contribution in [0, 0.1) is 0 Å². The average Bonchev–Trinajstić information content (AvgIpc) is 3.33. The van der Waals surface area contributed by atoms with Gasteiger partial charge in [-0.25, -0.2) is 4.98 Å². The number of amides is 1. The van der Waals surface area contributed by atoms with Gasteiger partial charge in [0, 0.05) is 18.8 Å². The molecule has 0 bridgehead atoms. The van der Waals surface area contributed by atoms with E-state index in [1.807, 2.05) is 6.92 Å². The van der Waals surface area contributed by atoms with Crippen molar-refractivity contribution >= 4 is 28.5 Å². The zero-order valence-electron chi connectivity index (χ0n) is 14.4. The summed E-state index contributed by atoms with van der Waals surface area (Å²) < 4.78 is 10.7. The van der Waals surface area contributed by atoms with Gasteiger partial charge in [-0.1, -0.05) is 5.16 Å². The number of rotatable bonds is 5. The molecule has 1 N–H and O–H groups in total. The Morgan fingerprint density at radius 3 is 2.73 bits per heavy atom. The van der Waals surface area contributed by atoms with Gasteiger partial charge in [-0.15, -0.1) is 0 Å². The van der Waals surface area contributed by atoms with E-state index in [1.165, 1.54) is 6.33 Å². The Hall–Kier alpha value is -3.16. The van der Waals surface area contributed by atoms with Gasteiger partial charge >= 0.3 is 0 Å². The van der Waals surface area contributed by atoms with Crippen LogP contribution in [0.3, 0.4) is 0 Å². The third-order valence-electron chi connectivity index (χ3n) is 4.30. The molecule has 4 rings (SSSR count). The van der Waals surface area contributed by atoms with Crippen LogP contribution in [0.5, 0.6) is 5.75 Å². The summed E-state index contributed by atoms with van der Waals surface area (Å²) in [7, 11) is 0. The molecule has 3 aromatic rings. The fourth-order valence-corrected chi connectivity index (χ4v) is 3.09. The van der Waals surface area contributed by atoms with E-state index in [4.69, 9.17) is 9.26 Å². The first kappa shape index (κ1) is 16.3. The molecule has 8 heteroatoms. The molecule has 1 aliphatic heterocycles. The highest BCUT2D eigenvalue weighted by molar-refractivity contribution is 6.12.